The van der Waals surface area contributed by atoms with Gasteiger partial charge in [-0.15, -0.1) is 0 Å². The first kappa shape index (κ1) is 10.1. The molecule has 0 fully saturated rings. The number of aromatic nitrogens is 1. The second-order valence-electron chi connectivity index (χ2n) is 4.12. The van der Waals surface area contributed by atoms with Crippen LogP contribution in [-0.2, 0) is 6.42 Å². The van der Waals surface area contributed by atoms with E-state index in [0.717, 1.165) is 23.9 Å². The van der Waals surface area contributed by atoms with Gasteiger partial charge >= 0.3 is 0 Å². The van der Waals surface area contributed by atoms with Crippen molar-refractivity contribution in [1.29, 1.82) is 0 Å². The minimum absolute atomic E-state index is 0.309. The molecule has 1 aromatic heterocycles. The van der Waals surface area contributed by atoms with Gasteiger partial charge in [0, 0.05) is 30.2 Å². The number of benzene rings is 1. The molecule has 80 valence electrons. The standard InChI is InChI=1S/C12H16N2O/c1-14(2)6-5-10-7-9-3-4-11(15)8-12(9)13-10/h3-4,7-8,13,15H,5-6H2,1-2H3. The highest BCUT2D eigenvalue weighted by atomic mass is 16.3. The normalized spacial score (nSPS) is 11.4. The molecule has 15 heavy (non-hydrogen) atoms. The molecule has 0 aliphatic rings. The van der Waals surface area contributed by atoms with E-state index in [9.17, 15) is 5.11 Å². The van der Waals surface area contributed by atoms with Crippen LogP contribution in [0.2, 0.25) is 0 Å². The van der Waals surface area contributed by atoms with Crippen molar-refractivity contribution in [2.75, 3.05) is 20.6 Å². The van der Waals surface area contributed by atoms with Crippen LogP contribution in [0.25, 0.3) is 10.9 Å². The zero-order valence-electron chi connectivity index (χ0n) is 9.12. The molecule has 3 nitrogen and oxygen atoms in total. The lowest BCUT2D eigenvalue weighted by Gasteiger charge is -2.07. The van der Waals surface area contributed by atoms with Gasteiger partial charge in [0.15, 0.2) is 0 Å². The number of rotatable bonds is 3. The van der Waals surface area contributed by atoms with Crippen molar-refractivity contribution in [3.05, 3.63) is 30.0 Å². The minimum atomic E-state index is 0.309. The molecule has 1 aromatic carbocycles. The molecular weight excluding hydrogens is 188 g/mol. The van der Waals surface area contributed by atoms with Crippen LogP contribution in [0.5, 0.6) is 5.75 Å². The number of hydrogen-bond donors (Lipinski definition) is 2. The zero-order chi connectivity index (χ0) is 10.8. The highest BCUT2D eigenvalue weighted by Gasteiger charge is 2.01. The van der Waals surface area contributed by atoms with Crippen molar-refractivity contribution >= 4 is 10.9 Å². The first-order valence-corrected chi connectivity index (χ1v) is 5.10. The molecule has 2 rings (SSSR count). The highest BCUT2D eigenvalue weighted by Crippen LogP contribution is 2.20. The quantitative estimate of drug-likeness (QED) is 0.802. The molecule has 0 aliphatic carbocycles. The Balaban J connectivity index is 2.23. The van der Waals surface area contributed by atoms with Gasteiger partial charge in [0.05, 0.1) is 0 Å². The Morgan fingerprint density at radius 2 is 2.07 bits per heavy atom. The Morgan fingerprint density at radius 3 is 2.80 bits per heavy atom. The SMILES string of the molecule is CN(C)CCc1cc2ccc(O)cc2[nH]1. The molecule has 0 atom stereocenters. The fourth-order valence-electron chi connectivity index (χ4n) is 1.65. The number of aromatic amines is 1. The van der Waals surface area contributed by atoms with Gasteiger partial charge in [-0.05, 0) is 37.7 Å². The zero-order valence-corrected chi connectivity index (χ0v) is 9.12. The Hall–Kier alpha value is -1.48. The summed E-state index contributed by atoms with van der Waals surface area (Å²) in [6.45, 7) is 1.03. The van der Waals surface area contributed by atoms with Crippen LogP contribution in [0.4, 0.5) is 0 Å². The van der Waals surface area contributed by atoms with Gasteiger partial charge < -0.3 is 15.0 Å². The third-order valence-electron chi connectivity index (χ3n) is 2.49. The number of fused-ring (bicyclic) bond motifs is 1. The number of aromatic hydroxyl groups is 1. The van der Waals surface area contributed by atoms with Crippen LogP contribution in [0, 0.1) is 0 Å². The highest BCUT2D eigenvalue weighted by molar-refractivity contribution is 5.81. The van der Waals surface area contributed by atoms with Crippen LogP contribution in [0.15, 0.2) is 24.3 Å². The number of likely N-dealkylation sites (N-methyl/N-ethyl adjacent to an activating group) is 1. The molecule has 0 saturated heterocycles. The van der Waals surface area contributed by atoms with Crippen molar-refractivity contribution in [3.8, 4) is 5.75 Å². The predicted octanol–water partition coefficient (Wildman–Crippen LogP) is 1.98. The summed E-state index contributed by atoms with van der Waals surface area (Å²) in [4.78, 5) is 5.46. The third kappa shape index (κ3) is 2.30. The van der Waals surface area contributed by atoms with Gasteiger partial charge in [-0.2, -0.15) is 0 Å². The number of nitrogens with one attached hydrogen (secondary N) is 1. The summed E-state index contributed by atoms with van der Waals surface area (Å²) in [7, 11) is 4.13. The van der Waals surface area contributed by atoms with Crippen LogP contribution >= 0.6 is 0 Å². The van der Waals surface area contributed by atoms with Crippen LogP contribution < -0.4 is 0 Å². The van der Waals surface area contributed by atoms with E-state index in [1.807, 2.05) is 6.07 Å². The Kier molecular flexibility index (Phi) is 2.64. The van der Waals surface area contributed by atoms with Crippen molar-refractivity contribution in [2.24, 2.45) is 0 Å². The summed E-state index contributed by atoms with van der Waals surface area (Å²) in [5.74, 6) is 0.309. The lowest BCUT2D eigenvalue weighted by Crippen LogP contribution is -2.15. The Labute approximate surface area is 89.3 Å². The molecule has 2 aromatic rings. The topological polar surface area (TPSA) is 39.3 Å². The van der Waals surface area contributed by atoms with Crippen molar-refractivity contribution in [3.63, 3.8) is 0 Å². The summed E-state index contributed by atoms with van der Waals surface area (Å²) < 4.78 is 0. The molecule has 0 aliphatic heterocycles. The molecule has 0 spiro atoms. The maximum absolute atomic E-state index is 9.33. The van der Waals surface area contributed by atoms with Crippen molar-refractivity contribution in [2.45, 2.75) is 6.42 Å². The van der Waals surface area contributed by atoms with Crippen molar-refractivity contribution < 1.29 is 5.11 Å². The second kappa shape index (κ2) is 3.95. The van der Waals surface area contributed by atoms with Gasteiger partial charge in [0.2, 0.25) is 0 Å². The molecule has 0 amide bonds. The summed E-state index contributed by atoms with van der Waals surface area (Å²) in [6, 6.07) is 7.54. The monoisotopic (exact) mass is 204 g/mol. The third-order valence-corrected chi connectivity index (χ3v) is 2.49. The van der Waals surface area contributed by atoms with Gasteiger partial charge in [0.25, 0.3) is 0 Å². The van der Waals surface area contributed by atoms with Gasteiger partial charge in [-0.1, -0.05) is 0 Å². The lowest BCUT2D eigenvalue weighted by atomic mass is 10.2. The maximum atomic E-state index is 9.33. The second-order valence-corrected chi connectivity index (χ2v) is 4.12. The van der Waals surface area contributed by atoms with Gasteiger partial charge in [-0.3, -0.25) is 0 Å². The first-order chi connectivity index (χ1) is 7.15. The molecule has 3 heteroatoms. The fourth-order valence-corrected chi connectivity index (χ4v) is 1.65. The van der Waals surface area contributed by atoms with Gasteiger partial charge in [-0.25, -0.2) is 0 Å². The summed E-state index contributed by atoms with van der Waals surface area (Å²) in [6.07, 6.45) is 1.00. The van der Waals surface area contributed by atoms with Crippen LogP contribution in [0.3, 0.4) is 0 Å². The van der Waals surface area contributed by atoms with Crippen molar-refractivity contribution in [1.82, 2.24) is 9.88 Å². The van der Waals surface area contributed by atoms with E-state index in [2.05, 4.69) is 30.0 Å². The summed E-state index contributed by atoms with van der Waals surface area (Å²) >= 11 is 0. The minimum Gasteiger partial charge on any atom is -0.508 e. The van der Waals surface area contributed by atoms with E-state index in [1.54, 1.807) is 12.1 Å². The number of phenolic OH excluding ortho intramolecular Hbond substituents is 1. The molecule has 2 N–H and O–H groups in total. The molecule has 1 heterocycles. The van der Waals surface area contributed by atoms with E-state index >= 15 is 0 Å². The molecule has 0 radical (unpaired) electrons. The fraction of sp³-hybridized carbons (Fsp3) is 0.333. The number of hydrogen-bond acceptors (Lipinski definition) is 2. The first-order valence-electron chi connectivity index (χ1n) is 5.10. The maximum Gasteiger partial charge on any atom is 0.117 e. The van der Waals surface area contributed by atoms with Gasteiger partial charge in [0.1, 0.15) is 5.75 Å². The largest absolute Gasteiger partial charge is 0.508 e. The molecule has 0 bridgehead atoms. The van der Waals surface area contributed by atoms with E-state index in [0.29, 0.717) is 5.75 Å². The Morgan fingerprint density at radius 1 is 1.27 bits per heavy atom. The average Bonchev–Trinajstić information content (AvgIpc) is 2.56. The van der Waals surface area contributed by atoms with E-state index in [1.165, 1.54) is 5.69 Å². The average molecular weight is 204 g/mol. The molecule has 0 unspecified atom stereocenters. The number of phenols is 1. The van der Waals surface area contributed by atoms with E-state index in [4.69, 9.17) is 0 Å². The molecule has 0 saturated carbocycles. The summed E-state index contributed by atoms with van der Waals surface area (Å²) in [5, 5.41) is 10.5. The van der Waals surface area contributed by atoms with E-state index < -0.39 is 0 Å². The lowest BCUT2D eigenvalue weighted by molar-refractivity contribution is 0.412. The van der Waals surface area contributed by atoms with Crippen LogP contribution in [-0.4, -0.2) is 35.6 Å². The predicted molar refractivity (Wildman–Crippen MR) is 62.2 cm³/mol. The number of H-pyrrole nitrogens is 1. The Bertz CT molecular complexity index is 460. The van der Waals surface area contributed by atoms with Crippen LogP contribution in [0.1, 0.15) is 5.69 Å². The van der Waals surface area contributed by atoms with E-state index in [-0.39, 0.29) is 0 Å². The number of nitrogens with zero attached hydrogens (tertiary/aromatic N) is 1. The summed E-state index contributed by atoms with van der Waals surface area (Å²) in [5.41, 5.74) is 2.22. The molecular formula is C12H16N2O. The smallest absolute Gasteiger partial charge is 0.117 e.